The molecule has 1 heterocycles. The van der Waals surface area contributed by atoms with E-state index in [1.807, 2.05) is 26.0 Å². The zero-order valence-electron chi connectivity index (χ0n) is 10.6. The first-order valence-corrected chi connectivity index (χ1v) is 7.02. The first kappa shape index (κ1) is 13.9. The minimum absolute atomic E-state index is 0.0960. The Morgan fingerprint density at radius 1 is 1.37 bits per heavy atom. The van der Waals surface area contributed by atoms with E-state index in [-0.39, 0.29) is 23.3 Å². The number of thiophene rings is 1. The minimum atomic E-state index is -0.312. The van der Waals surface area contributed by atoms with Crippen LogP contribution in [0.1, 0.15) is 33.1 Å². The maximum atomic E-state index is 12.1. The van der Waals surface area contributed by atoms with E-state index < -0.39 is 0 Å². The predicted octanol–water partition coefficient (Wildman–Crippen LogP) is 3.91. The maximum absolute atomic E-state index is 12.1. The molecular formula is C14H14ClNO2S. The van der Waals surface area contributed by atoms with Crippen LogP contribution in [0.15, 0.2) is 30.3 Å². The summed E-state index contributed by atoms with van der Waals surface area (Å²) in [6, 6.07) is 8.36. The molecule has 1 atom stereocenters. The molecule has 0 aliphatic heterocycles. The second kappa shape index (κ2) is 5.63. The van der Waals surface area contributed by atoms with E-state index in [4.69, 9.17) is 11.6 Å². The summed E-state index contributed by atoms with van der Waals surface area (Å²) in [7, 11) is 0. The largest absolute Gasteiger partial charge is 0.507 e. The first-order chi connectivity index (χ1) is 8.97. The molecule has 0 radical (unpaired) electrons. The van der Waals surface area contributed by atoms with E-state index >= 15 is 0 Å². The van der Waals surface area contributed by atoms with Gasteiger partial charge in [-0.25, -0.2) is 0 Å². The van der Waals surface area contributed by atoms with E-state index in [0.717, 1.165) is 4.88 Å². The number of amides is 1. The molecular weight excluding hydrogens is 282 g/mol. The zero-order valence-corrected chi connectivity index (χ0v) is 12.2. The Morgan fingerprint density at radius 3 is 2.68 bits per heavy atom. The van der Waals surface area contributed by atoms with E-state index in [2.05, 4.69) is 5.32 Å². The van der Waals surface area contributed by atoms with Crippen molar-refractivity contribution in [1.82, 2.24) is 5.32 Å². The highest BCUT2D eigenvalue weighted by Crippen LogP contribution is 2.25. The molecule has 100 valence electrons. The van der Waals surface area contributed by atoms with Gasteiger partial charge in [-0.1, -0.05) is 11.6 Å². The molecule has 1 unspecified atom stereocenters. The molecule has 5 heteroatoms. The summed E-state index contributed by atoms with van der Waals surface area (Å²) in [5.74, 6) is -0.424. The van der Waals surface area contributed by atoms with E-state index in [1.54, 1.807) is 17.4 Å². The third kappa shape index (κ3) is 3.28. The summed E-state index contributed by atoms with van der Waals surface area (Å²) < 4.78 is 0. The standard InChI is InChI=1S/C14H14ClNO2S/c1-8-3-6-13(19-8)9(2)16-14(18)11-5-4-10(15)7-12(11)17/h3-7,9,17H,1-2H3,(H,16,18). The third-order valence-corrected chi connectivity index (χ3v) is 4.16. The van der Waals surface area contributed by atoms with Crippen molar-refractivity contribution in [2.24, 2.45) is 0 Å². The van der Waals surface area contributed by atoms with Crippen molar-refractivity contribution in [2.75, 3.05) is 0 Å². The average molecular weight is 296 g/mol. The van der Waals surface area contributed by atoms with E-state index in [1.165, 1.54) is 17.0 Å². The highest BCUT2D eigenvalue weighted by atomic mass is 35.5. The second-order valence-corrected chi connectivity index (χ2v) is 6.06. The van der Waals surface area contributed by atoms with Gasteiger partial charge >= 0.3 is 0 Å². The highest BCUT2D eigenvalue weighted by molar-refractivity contribution is 7.12. The van der Waals surface area contributed by atoms with Crippen LogP contribution >= 0.6 is 22.9 Å². The lowest BCUT2D eigenvalue weighted by molar-refractivity contribution is 0.0938. The number of benzene rings is 1. The molecule has 0 saturated heterocycles. The summed E-state index contributed by atoms with van der Waals surface area (Å²) in [6.07, 6.45) is 0. The number of nitrogens with one attached hydrogen (secondary N) is 1. The number of carbonyl (C=O) groups excluding carboxylic acids is 1. The maximum Gasteiger partial charge on any atom is 0.255 e. The van der Waals surface area contributed by atoms with Crippen molar-refractivity contribution in [1.29, 1.82) is 0 Å². The molecule has 2 rings (SSSR count). The van der Waals surface area contributed by atoms with E-state index in [9.17, 15) is 9.90 Å². The molecule has 1 aromatic heterocycles. The van der Waals surface area contributed by atoms with Crippen LogP contribution < -0.4 is 5.32 Å². The van der Waals surface area contributed by atoms with Gasteiger partial charge in [0, 0.05) is 14.8 Å². The van der Waals surface area contributed by atoms with Gasteiger partial charge in [0.25, 0.3) is 5.91 Å². The number of aromatic hydroxyl groups is 1. The van der Waals surface area contributed by atoms with Crippen LogP contribution in [-0.2, 0) is 0 Å². The van der Waals surface area contributed by atoms with Crippen molar-refractivity contribution >= 4 is 28.8 Å². The molecule has 2 N–H and O–H groups in total. The number of halogens is 1. The average Bonchev–Trinajstić information content (AvgIpc) is 2.75. The highest BCUT2D eigenvalue weighted by Gasteiger charge is 2.15. The molecule has 0 aliphatic carbocycles. The number of phenolic OH excluding ortho intramolecular Hbond substituents is 1. The lowest BCUT2D eigenvalue weighted by atomic mass is 10.1. The van der Waals surface area contributed by atoms with Crippen LogP contribution in [0.2, 0.25) is 5.02 Å². The lowest BCUT2D eigenvalue weighted by Crippen LogP contribution is -2.26. The van der Waals surface area contributed by atoms with Gasteiger partial charge in [0.05, 0.1) is 11.6 Å². The van der Waals surface area contributed by atoms with Gasteiger partial charge in [0.15, 0.2) is 0 Å². The van der Waals surface area contributed by atoms with E-state index in [0.29, 0.717) is 5.02 Å². The normalized spacial score (nSPS) is 12.2. The Morgan fingerprint density at radius 2 is 2.11 bits per heavy atom. The summed E-state index contributed by atoms with van der Waals surface area (Å²) in [5, 5.41) is 13.0. The quantitative estimate of drug-likeness (QED) is 0.902. The van der Waals surface area contributed by atoms with Crippen LogP contribution in [0.4, 0.5) is 0 Å². The fourth-order valence-electron chi connectivity index (χ4n) is 1.73. The SMILES string of the molecule is Cc1ccc(C(C)NC(=O)c2ccc(Cl)cc2O)s1. The number of phenols is 1. The Labute approximate surface area is 120 Å². The molecule has 0 fully saturated rings. The molecule has 19 heavy (non-hydrogen) atoms. The number of hydrogen-bond acceptors (Lipinski definition) is 3. The molecule has 0 bridgehead atoms. The predicted molar refractivity (Wildman–Crippen MR) is 78.1 cm³/mol. The number of aryl methyl sites for hydroxylation is 1. The number of hydrogen-bond donors (Lipinski definition) is 2. The van der Waals surface area contributed by atoms with Gasteiger partial charge in [0.1, 0.15) is 5.75 Å². The van der Waals surface area contributed by atoms with Gasteiger partial charge in [-0.15, -0.1) is 11.3 Å². The molecule has 0 saturated carbocycles. The van der Waals surface area contributed by atoms with Crippen molar-refractivity contribution in [3.8, 4) is 5.75 Å². The summed E-state index contributed by atoms with van der Waals surface area (Å²) >= 11 is 7.38. The molecule has 0 aliphatic rings. The van der Waals surface area contributed by atoms with Gasteiger partial charge < -0.3 is 10.4 Å². The fourth-order valence-corrected chi connectivity index (χ4v) is 2.77. The number of rotatable bonds is 3. The van der Waals surface area contributed by atoms with Gasteiger partial charge in [0.2, 0.25) is 0 Å². The molecule has 1 amide bonds. The summed E-state index contributed by atoms with van der Waals surface area (Å²) in [6.45, 7) is 3.93. The smallest absolute Gasteiger partial charge is 0.255 e. The monoisotopic (exact) mass is 295 g/mol. The summed E-state index contributed by atoms with van der Waals surface area (Å²) in [4.78, 5) is 14.3. The second-order valence-electron chi connectivity index (χ2n) is 4.31. The van der Waals surface area contributed by atoms with Crippen LogP contribution in [0.25, 0.3) is 0 Å². The van der Waals surface area contributed by atoms with Gasteiger partial charge in [-0.3, -0.25) is 4.79 Å². The summed E-state index contributed by atoms with van der Waals surface area (Å²) in [5.41, 5.74) is 0.226. The van der Waals surface area contributed by atoms with Gasteiger partial charge in [-0.2, -0.15) is 0 Å². The Hall–Kier alpha value is -1.52. The van der Waals surface area contributed by atoms with Crippen molar-refractivity contribution in [3.63, 3.8) is 0 Å². The molecule has 3 nitrogen and oxygen atoms in total. The molecule has 2 aromatic rings. The van der Waals surface area contributed by atoms with Crippen molar-refractivity contribution in [2.45, 2.75) is 19.9 Å². The lowest BCUT2D eigenvalue weighted by Gasteiger charge is -2.13. The Balaban J connectivity index is 2.12. The zero-order chi connectivity index (χ0) is 14.0. The van der Waals surface area contributed by atoms with Crippen molar-refractivity contribution < 1.29 is 9.90 Å². The van der Waals surface area contributed by atoms with Crippen molar-refractivity contribution in [3.05, 3.63) is 50.7 Å². The van der Waals surface area contributed by atoms with Gasteiger partial charge in [-0.05, 0) is 44.2 Å². The molecule has 0 spiro atoms. The molecule has 1 aromatic carbocycles. The Bertz CT molecular complexity index is 609. The Kier molecular flexibility index (Phi) is 4.12. The van der Waals surface area contributed by atoms with Crippen LogP contribution in [0.5, 0.6) is 5.75 Å². The topological polar surface area (TPSA) is 49.3 Å². The van der Waals surface area contributed by atoms with Crippen LogP contribution in [0, 0.1) is 6.92 Å². The van der Waals surface area contributed by atoms with Crippen LogP contribution in [0.3, 0.4) is 0 Å². The minimum Gasteiger partial charge on any atom is -0.507 e. The fraction of sp³-hybridized carbons (Fsp3) is 0.214. The third-order valence-electron chi connectivity index (χ3n) is 2.74. The number of carbonyl (C=O) groups is 1. The van der Waals surface area contributed by atoms with Crippen LogP contribution in [-0.4, -0.2) is 11.0 Å². The first-order valence-electron chi connectivity index (χ1n) is 5.83.